The fourth-order valence-corrected chi connectivity index (χ4v) is 4.33. The van der Waals surface area contributed by atoms with Crippen LogP contribution in [-0.2, 0) is 16.2 Å². The Kier molecular flexibility index (Phi) is 6.83. The number of hydroxylamine groups is 1. The van der Waals surface area contributed by atoms with Gasteiger partial charge in [0.25, 0.3) is 0 Å². The second-order valence-corrected chi connectivity index (χ2v) is 8.42. The first-order valence-electron chi connectivity index (χ1n) is 10.0. The van der Waals surface area contributed by atoms with Crippen molar-refractivity contribution in [3.05, 3.63) is 33.8 Å². The SMILES string of the molecule is CONC(=O)C1CCC[C@@H](N(C(=O)NCc2cc(C)c(Cl)cc2C)C2CC2)C1. The molecule has 2 saturated carbocycles. The minimum atomic E-state index is -0.103. The molecule has 0 radical (unpaired) electrons. The normalized spacial score (nSPS) is 21.9. The number of urea groups is 1. The lowest BCUT2D eigenvalue weighted by Gasteiger charge is -2.37. The summed E-state index contributed by atoms with van der Waals surface area (Å²) in [6.45, 7) is 4.45. The highest BCUT2D eigenvalue weighted by Gasteiger charge is 2.40. The van der Waals surface area contributed by atoms with Gasteiger partial charge in [-0.3, -0.25) is 9.63 Å². The number of nitrogens with one attached hydrogen (secondary N) is 2. The lowest BCUT2D eigenvalue weighted by Crippen LogP contribution is -2.50. The van der Waals surface area contributed by atoms with Gasteiger partial charge in [-0.25, -0.2) is 10.3 Å². The summed E-state index contributed by atoms with van der Waals surface area (Å²) in [6, 6.07) is 4.33. The Hall–Kier alpha value is -1.79. The number of aryl methyl sites for hydroxylation is 2. The van der Waals surface area contributed by atoms with E-state index in [2.05, 4.69) is 10.8 Å². The van der Waals surface area contributed by atoms with Gasteiger partial charge in [0.2, 0.25) is 5.91 Å². The van der Waals surface area contributed by atoms with E-state index in [-0.39, 0.29) is 23.9 Å². The van der Waals surface area contributed by atoms with E-state index < -0.39 is 0 Å². The van der Waals surface area contributed by atoms with E-state index in [1.165, 1.54) is 7.11 Å². The quantitative estimate of drug-likeness (QED) is 0.703. The van der Waals surface area contributed by atoms with Crippen molar-refractivity contribution in [2.45, 2.75) is 71.0 Å². The molecule has 2 aliphatic carbocycles. The van der Waals surface area contributed by atoms with Crippen LogP contribution in [0.15, 0.2) is 12.1 Å². The predicted molar refractivity (Wildman–Crippen MR) is 109 cm³/mol. The Morgan fingerprint density at radius 2 is 1.89 bits per heavy atom. The summed E-state index contributed by atoms with van der Waals surface area (Å²) in [7, 11) is 1.45. The summed E-state index contributed by atoms with van der Waals surface area (Å²) < 4.78 is 0. The van der Waals surface area contributed by atoms with Gasteiger partial charge in [0, 0.05) is 29.6 Å². The van der Waals surface area contributed by atoms with Crippen LogP contribution in [0.3, 0.4) is 0 Å². The molecule has 0 saturated heterocycles. The molecular formula is C21H30ClN3O3. The number of carbonyl (C=O) groups excluding carboxylic acids is 2. The van der Waals surface area contributed by atoms with Crippen molar-refractivity contribution in [1.29, 1.82) is 0 Å². The third-order valence-electron chi connectivity index (χ3n) is 5.84. The van der Waals surface area contributed by atoms with Crippen molar-refractivity contribution in [2.75, 3.05) is 7.11 Å². The van der Waals surface area contributed by atoms with E-state index in [1.54, 1.807) is 0 Å². The van der Waals surface area contributed by atoms with Crippen molar-refractivity contribution in [3.8, 4) is 0 Å². The molecule has 1 aromatic rings. The Morgan fingerprint density at radius 1 is 1.14 bits per heavy atom. The minimum Gasteiger partial charge on any atom is -0.334 e. The fourth-order valence-electron chi connectivity index (χ4n) is 4.11. The van der Waals surface area contributed by atoms with Gasteiger partial charge in [-0.05, 0) is 68.7 Å². The van der Waals surface area contributed by atoms with Gasteiger partial charge in [-0.2, -0.15) is 0 Å². The highest BCUT2D eigenvalue weighted by atomic mass is 35.5. The molecule has 0 spiro atoms. The third-order valence-corrected chi connectivity index (χ3v) is 6.24. The van der Waals surface area contributed by atoms with Crippen LogP contribution < -0.4 is 10.8 Å². The number of nitrogens with zero attached hydrogens (tertiary/aromatic N) is 1. The van der Waals surface area contributed by atoms with Crippen molar-refractivity contribution in [2.24, 2.45) is 5.92 Å². The second kappa shape index (κ2) is 9.14. The van der Waals surface area contributed by atoms with Crippen LogP contribution in [-0.4, -0.2) is 36.0 Å². The number of benzene rings is 1. The van der Waals surface area contributed by atoms with Crippen LogP contribution in [0.25, 0.3) is 0 Å². The molecule has 0 bridgehead atoms. The standard InChI is InChI=1S/C21H30ClN3O3/c1-13-10-19(22)14(2)9-16(13)12-23-21(27)25(17-7-8-17)18-6-4-5-15(11-18)20(26)24-28-3/h9-10,15,17-18H,4-8,11-12H2,1-3H3,(H,23,27)(H,24,26)/t15?,18-/m1/s1. The first-order chi connectivity index (χ1) is 13.4. The number of hydrogen-bond donors (Lipinski definition) is 2. The fraction of sp³-hybridized carbons (Fsp3) is 0.619. The lowest BCUT2D eigenvalue weighted by atomic mass is 9.84. The molecule has 2 fully saturated rings. The van der Waals surface area contributed by atoms with Gasteiger partial charge in [0.1, 0.15) is 0 Å². The number of carbonyl (C=O) groups is 2. The van der Waals surface area contributed by atoms with Crippen molar-refractivity contribution >= 4 is 23.5 Å². The zero-order chi connectivity index (χ0) is 20.3. The minimum absolute atomic E-state index is 0.0349. The monoisotopic (exact) mass is 407 g/mol. The molecule has 3 rings (SSSR count). The van der Waals surface area contributed by atoms with Gasteiger partial charge >= 0.3 is 6.03 Å². The molecule has 0 aliphatic heterocycles. The van der Waals surface area contributed by atoms with Crippen molar-refractivity contribution < 1.29 is 14.4 Å². The maximum absolute atomic E-state index is 13.0. The number of hydrogen-bond acceptors (Lipinski definition) is 3. The number of halogens is 1. The zero-order valence-corrected chi connectivity index (χ0v) is 17.6. The molecule has 6 nitrogen and oxygen atoms in total. The summed E-state index contributed by atoms with van der Waals surface area (Å²) >= 11 is 6.17. The van der Waals surface area contributed by atoms with Gasteiger partial charge in [0.05, 0.1) is 7.11 Å². The highest BCUT2D eigenvalue weighted by molar-refractivity contribution is 6.31. The van der Waals surface area contributed by atoms with E-state index in [1.807, 2.05) is 30.9 Å². The van der Waals surface area contributed by atoms with Gasteiger partial charge in [-0.1, -0.05) is 24.1 Å². The van der Waals surface area contributed by atoms with Crippen LogP contribution in [0.4, 0.5) is 4.79 Å². The number of amides is 3. The molecule has 0 heterocycles. The third kappa shape index (κ3) is 4.97. The van der Waals surface area contributed by atoms with Crippen LogP contribution >= 0.6 is 11.6 Å². The molecule has 1 unspecified atom stereocenters. The Morgan fingerprint density at radius 3 is 2.57 bits per heavy atom. The number of rotatable bonds is 6. The van der Waals surface area contributed by atoms with Gasteiger partial charge in [-0.15, -0.1) is 0 Å². The van der Waals surface area contributed by atoms with Crippen molar-refractivity contribution in [1.82, 2.24) is 15.7 Å². The van der Waals surface area contributed by atoms with Crippen LogP contribution in [0, 0.1) is 19.8 Å². The first-order valence-corrected chi connectivity index (χ1v) is 10.4. The summed E-state index contributed by atoms with van der Waals surface area (Å²) in [5, 5.41) is 3.84. The molecule has 3 amide bonds. The molecule has 0 aromatic heterocycles. The van der Waals surface area contributed by atoms with Gasteiger partial charge < -0.3 is 10.2 Å². The smallest absolute Gasteiger partial charge is 0.318 e. The molecule has 154 valence electrons. The molecule has 2 atom stereocenters. The second-order valence-electron chi connectivity index (χ2n) is 8.01. The average molecular weight is 408 g/mol. The van der Waals surface area contributed by atoms with E-state index in [0.29, 0.717) is 19.0 Å². The largest absolute Gasteiger partial charge is 0.334 e. The summed E-state index contributed by atoms with van der Waals surface area (Å²) in [5.74, 6) is -0.190. The lowest BCUT2D eigenvalue weighted by molar-refractivity contribution is -0.137. The van der Waals surface area contributed by atoms with Crippen LogP contribution in [0.2, 0.25) is 5.02 Å². The summed E-state index contributed by atoms with van der Waals surface area (Å²) in [6.07, 6.45) is 5.50. The van der Waals surface area contributed by atoms with E-state index in [0.717, 1.165) is 53.8 Å². The Bertz CT molecular complexity index is 736. The Balaban J connectivity index is 1.64. The predicted octanol–water partition coefficient (Wildman–Crippen LogP) is 3.87. The van der Waals surface area contributed by atoms with Crippen molar-refractivity contribution in [3.63, 3.8) is 0 Å². The van der Waals surface area contributed by atoms with E-state index in [4.69, 9.17) is 16.4 Å². The molecular weight excluding hydrogens is 378 g/mol. The molecule has 28 heavy (non-hydrogen) atoms. The highest BCUT2D eigenvalue weighted by Crippen LogP contribution is 2.35. The van der Waals surface area contributed by atoms with Crippen LogP contribution in [0.1, 0.15) is 55.2 Å². The van der Waals surface area contributed by atoms with Gasteiger partial charge in [0.15, 0.2) is 0 Å². The Labute approximate surface area is 171 Å². The molecule has 2 N–H and O–H groups in total. The molecule has 1 aromatic carbocycles. The zero-order valence-electron chi connectivity index (χ0n) is 16.9. The average Bonchev–Trinajstić information content (AvgIpc) is 3.49. The van der Waals surface area contributed by atoms with Crippen LogP contribution in [0.5, 0.6) is 0 Å². The maximum atomic E-state index is 13.0. The summed E-state index contributed by atoms with van der Waals surface area (Å²) in [4.78, 5) is 32.0. The maximum Gasteiger partial charge on any atom is 0.318 e. The molecule has 2 aliphatic rings. The topological polar surface area (TPSA) is 70.7 Å². The summed E-state index contributed by atoms with van der Waals surface area (Å²) in [5.41, 5.74) is 5.60. The van der Waals surface area contributed by atoms with E-state index >= 15 is 0 Å². The van der Waals surface area contributed by atoms with E-state index in [9.17, 15) is 9.59 Å². The first kappa shape index (κ1) is 20.9. The molecule has 7 heteroatoms.